The van der Waals surface area contributed by atoms with Crippen molar-refractivity contribution in [3.05, 3.63) is 332 Å². The first-order valence-electron chi connectivity index (χ1n) is 50.8. The number of carboxylic acid groups (broad SMARTS) is 1. The van der Waals surface area contributed by atoms with Crippen LogP contribution >= 0.6 is 10.7 Å². The van der Waals surface area contributed by atoms with Gasteiger partial charge in [-0.3, -0.25) is 0 Å². The van der Waals surface area contributed by atoms with Gasteiger partial charge >= 0.3 is 16.6 Å². The predicted molar refractivity (Wildman–Crippen MR) is 578 cm³/mol. The summed E-state index contributed by atoms with van der Waals surface area (Å²) in [6.07, 6.45) is 13.4. The highest BCUT2D eigenvalue weighted by molar-refractivity contribution is 8.13. The van der Waals surface area contributed by atoms with E-state index in [1.165, 1.54) is 73.5 Å². The van der Waals surface area contributed by atoms with Gasteiger partial charge in [-0.2, -0.15) is 17.8 Å². The van der Waals surface area contributed by atoms with Crippen molar-refractivity contribution in [3.8, 4) is 56.4 Å². The molecule has 0 saturated carbocycles. The van der Waals surface area contributed by atoms with E-state index in [9.17, 15) is 35.2 Å². The maximum atomic E-state index is 14.6. The number of piperidine rings is 2. The van der Waals surface area contributed by atoms with Crippen molar-refractivity contribution < 1.29 is 61.4 Å². The number of ether oxygens (including phenoxy) is 1. The van der Waals surface area contributed by atoms with Crippen molar-refractivity contribution in [2.24, 2.45) is 22.7 Å². The van der Waals surface area contributed by atoms with E-state index >= 15 is 0 Å². The molecular weight excluding hydrogens is 1930 g/mol. The largest absolute Gasteiger partial charge is 0.478 e. The van der Waals surface area contributed by atoms with Crippen LogP contribution < -0.4 is 54.5 Å². The fourth-order valence-electron chi connectivity index (χ4n) is 23.9. The molecule has 146 heavy (non-hydrogen) atoms. The van der Waals surface area contributed by atoms with Gasteiger partial charge in [-0.05, 0) is 208 Å². The average Bonchev–Trinajstić information content (AvgIpc) is 0.857. The summed E-state index contributed by atoms with van der Waals surface area (Å²) >= 11 is 0. The van der Waals surface area contributed by atoms with E-state index in [0.29, 0.717) is 75.8 Å². The lowest BCUT2D eigenvalue weighted by atomic mass is 9.76. The Labute approximate surface area is 859 Å². The van der Waals surface area contributed by atoms with Crippen LogP contribution in [-0.4, -0.2) is 137 Å². The quantitative estimate of drug-likeness (QED) is 0.0640. The third-order valence-corrected chi connectivity index (χ3v) is 36.7. The van der Waals surface area contributed by atoms with E-state index in [1.807, 2.05) is 68.7 Å². The van der Waals surface area contributed by atoms with Crippen LogP contribution in [0.5, 0.6) is 11.5 Å². The summed E-state index contributed by atoms with van der Waals surface area (Å²) < 4.78 is 139. The lowest BCUT2D eigenvalue weighted by Gasteiger charge is -2.39. The van der Waals surface area contributed by atoms with Crippen LogP contribution in [0.25, 0.3) is 72.4 Å². The van der Waals surface area contributed by atoms with Crippen molar-refractivity contribution in [3.63, 3.8) is 0 Å². The van der Waals surface area contributed by atoms with Crippen molar-refractivity contribution in [1.82, 2.24) is 22.3 Å². The Morgan fingerprint density at radius 3 is 1.70 bits per heavy atom. The monoisotopic (exact) mass is 2050 g/mol. The first-order valence-corrected chi connectivity index (χ1v) is 57.0. The van der Waals surface area contributed by atoms with Crippen molar-refractivity contribution in [2.75, 3.05) is 94.2 Å². The molecule has 1 N–H and O–H groups in total. The van der Waals surface area contributed by atoms with E-state index in [4.69, 9.17) is 36.9 Å². The van der Waals surface area contributed by atoms with E-state index in [-0.39, 0.29) is 21.3 Å². The topological polar surface area (TPSA) is 252 Å². The zero-order valence-corrected chi connectivity index (χ0v) is 87.7. The molecule has 0 unspecified atom stereocenters. The minimum atomic E-state index is -4.11. The standard InChI is InChI=1S/C44H44N3O3S.C43H46N3O3S.C32H29ClN2O5S.O3S/c1-44(2,3)32-22-24-45(25-23-32)51(48,49)42-15-9-6-12-37(42)43-35-18-16-33(46-26-20-30-10-4-7-13-38(30)46)28-40(35)50-41-29-34(17-19-36(41)43)47-27-21-31-11-5-8-14-39(31)47;1-30-16-18-33(19-17-30)45(6)35-21-23-37-40(29-35)49-39-28-34(44(5)32-12-8-7-9-13-32)20-22-36(39)42(37)38-14-10-11-15-41(38)50(47,48)46-26-24-31(25-27-46)43(2,3)4;33-41(38,39)20-9-10-21(24(17-20)32(36)37)27-25-15-18-5-1-11-34-13-3-7-22(28(18)34)30(25)40-31-23-8-4-14-35-12-2-6-19(29(23)35)16-26(27)31;1-4(2)3/h4-19,28-29,32H,20-27H2,1-3H3;7-23,28-29,31H,24-27H2,1-6H3;9-10,15-17H,1-8,11-14H2;/q2*+1;;/p+1. The van der Waals surface area contributed by atoms with Gasteiger partial charge in [-0.1, -0.05) is 156 Å². The van der Waals surface area contributed by atoms with Gasteiger partial charge in [-0.15, -0.1) is 12.6 Å². The molecule has 27 heteroatoms. The Kier molecular flexibility index (Phi) is 26.8. The zero-order valence-electron chi connectivity index (χ0n) is 83.7. The molecule has 11 aromatic rings. The summed E-state index contributed by atoms with van der Waals surface area (Å²) in [4.78, 5) is 20.1. The summed E-state index contributed by atoms with van der Waals surface area (Å²) in [5.74, 6) is 2.86. The van der Waals surface area contributed by atoms with Crippen molar-refractivity contribution in [1.29, 1.82) is 0 Å². The van der Waals surface area contributed by atoms with Gasteiger partial charge in [0, 0.05) is 231 Å². The number of aromatic carboxylic acids is 1. The molecule has 13 aliphatic rings. The lowest BCUT2D eigenvalue weighted by molar-refractivity contribution is 0.0696. The highest BCUT2D eigenvalue weighted by atomic mass is 35.7. The molecular formula is C119H120ClN8O14S4+3. The Bertz CT molecular complexity index is 8530. The summed E-state index contributed by atoms with van der Waals surface area (Å²) in [7, 11) is -5.02. The molecule has 11 aliphatic heterocycles. The number of rotatable bonds is 13. The van der Waals surface area contributed by atoms with Crippen molar-refractivity contribution >= 4 is 124 Å². The molecule has 2 aliphatic carbocycles. The minimum Gasteiger partial charge on any atom is -0.478 e. The van der Waals surface area contributed by atoms with Crippen LogP contribution in [0, 0.1) is 29.6 Å². The van der Waals surface area contributed by atoms with Gasteiger partial charge in [-0.25, -0.2) is 34.6 Å². The Balaban J connectivity index is 0.000000127. The Hall–Kier alpha value is -13.2. The Morgan fingerprint density at radius 2 is 1.05 bits per heavy atom. The first-order chi connectivity index (χ1) is 70.1. The van der Waals surface area contributed by atoms with Crippen molar-refractivity contribution in [2.45, 2.75) is 153 Å². The Morgan fingerprint density at radius 1 is 0.493 bits per heavy atom. The highest BCUT2D eigenvalue weighted by Crippen LogP contribution is 2.53. The molecule has 2 fully saturated rings. The second-order valence-corrected chi connectivity index (χ2v) is 48.9. The molecule has 11 aromatic carbocycles. The summed E-state index contributed by atoms with van der Waals surface area (Å²) in [6, 6.07) is 84.7. The number of carboxylic acids is 1. The number of para-hydroxylation sites is 3. The molecule has 0 amide bonds. The molecule has 2 saturated heterocycles. The number of aryl methyl sites for hydroxylation is 3. The lowest BCUT2D eigenvalue weighted by Crippen LogP contribution is -2.45. The molecule has 0 atom stereocenters. The van der Waals surface area contributed by atoms with E-state index in [0.717, 1.165) is 235 Å². The number of hydrogen-bond acceptors (Lipinski definition) is 16. The zero-order chi connectivity index (χ0) is 102. The number of carbonyl (C=O) groups is 1. The van der Waals surface area contributed by atoms with Crippen LogP contribution in [0.2, 0.25) is 0 Å². The molecule has 0 radical (unpaired) electrons. The van der Waals surface area contributed by atoms with Crippen LogP contribution in [0.1, 0.15) is 153 Å². The number of hydrogen-bond donors (Lipinski definition) is 1. The average molecular weight is 2050 g/mol. The predicted octanol–water partition coefficient (Wildman–Crippen LogP) is 21.2. The second-order valence-electron chi connectivity index (χ2n) is 42.1. The maximum Gasteiger partial charge on any atom is 0.425 e. The molecule has 24 rings (SSSR count). The minimum absolute atomic E-state index is 0.0819. The number of sulfonamides is 2. The van der Waals surface area contributed by atoms with E-state index in [2.05, 4.69) is 247 Å². The molecule has 0 bridgehead atoms. The fraction of sp³-hybridized carbons (Fsp3) is 0.311. The second kappa shape index (κ2) is 39.6. The van der Waals surface area contributed by atoms with Crippen LogP contribution in [0.4, 0.5) is 39.8 Å². The van der Waals surface area contributed by atoms with Crippen LogP contribution in [0.15, 0.2) is 278 Å². The summed E-state index contributed by atoms with van der Waals surface area (Å²) in [5, 5.41) is 16.3. The van der Waals surface area contributed by atoms with Gasteiger partial charge in [0.2, 0.25) is 47.5 Å². The van der Waals surface area contributed by atoms with Gasteiger partial charge in [0.25, 0.3) is 9.05 Å². The number of anilines is 5. The van der Waals surface area contributed by atoms with Gasteiger partial charge in [0.05, 0.1) is 37.9 Å². The normalized spacial score (nSPS) is 17.0. The molecule has 11 heterocycles. The number of benzene rings is 13. The third-order valence-electron chi connectivity index (χ3n) is 31.5. The summed E-state index contributed by atoms with van der Waals surface area (Å²) in [6.45, 7) is 23.7. The van der Waals surface area contributed by atoms with E-state index < -0.39 is 45.7 Å². The van der Waals surface area contributed by atoms with Gasteiger partial charge in [0.15, 0.2) is 6.54 Å². The molecule has 22 nitrogen and oxygen atoms in total. The van der Waals surface area contributed by atoms with Crippen LogP contribution in [-0.2, 0) is 78.2 Å². The number of fused-ring (bicyclic) bond motifs is 10. The molecule has 0 aromatic heterocycles. The smallest absolute Gasteiger partial charge is 0.425 e. The van der Waals surface area contributed by atoms with Crippen LogP contribution in [0.3, 0.4) is 0 Å². The molecule has 748 valence electrons. The van der Waals surface area contributed by atoms with E-state index in [1.54, 1.807) is 26.8 Å². The summed E-state index contributed by atoms with van der Waals surface area (Å²) in [5.41, 5.74) is 25.5. The highest BCUT2D eigenvalue weighted by Gasteiger charge is 2.42. The number of halogens is 1. The number of nitrogens with zero attached hydrogens (tertiary/aromatic N) is 8. The fourth-order valence-corrected chi connectivity index (χ4v) is 28.0. The molecule has 0 spiro atoms. The SMILES string of the molecule is CC(C)(C)C1CCN(S(=O)(=O)c2ccccc2-c2c3ccc(=[N+]4CCc5ccccc54)cc-3oc3cc(N4CCc5ccccc54)ccc23)CC1.Cc1ccc([N+](C)=c2ccc3c(-c4ccccc4S(=O)(=O)N4CCC(C(C)(C)C)CC4)c4ccc(N(C)c5ccccc5)cc4oc-3c2)cc1.O=C(O)c1cc(S(=O)(=O)Cl)ccc1C1=c2cc3c4c(c2Oc2c1cc1c5c2CCCN5CCC1)CCC[N+]=4CCC3.O=S(=O)=O. The maximum absolute atomic E-state index is 14.6. The third kappa shape index (κ3) is 18.9. The van der Waals surface area contributed by atoms with Gasteiger partial charge in [0.1, 0.15) is 54.3 Å². The van der Waals surface area contributed by atoms with Gasteiger partial charge < -0.3 is 33.4 Å². The first kappa shape index (κ1) is 98.8.